The van der Waals surface area contributed by atoms with Gasteiger partial charge < -0.3 is 10.1 Å². The van der Waals surface area contributed by atoms with Crippen molar-refractivity contribution in [2.24, 2.45) is 5.41 Å². The lowest BCUT2D eigenvalue weighted by atomic mass is 9.82. The number of nitrogens with one attached hydrogen (secondary N) is 1. The van der Waals surface area contributed by atoms with E-state index < -0.39 is 11.0 Å². The van der Waals surface area contributed by atoms with E-state index in [4.69, 9.17) is 4.74 Å². The summed E-state index contributed by atoms with van der Waals surface area (Å²) < 4.78 is 5.54. The van der Waals surface area contributed by atoms with Crippen LogP contribution in [0.3, 0.4) is 0 Å². The van der Waals surface area contributed by atoms with E-state index in [1.54, 1.807) is 18.6 Å². The minimum atomic E-state index is -0.685. The van der Waals surface area contributed by atoms with Crippen LogP contribution in [0, 0.1) is 5.41 Å². The number of hydrogen-bond donors (Lipinski definition) is 1. The second-order valence-corrected chi connectivity index (χ2v) is 6.96. The molecule has 0 radical (unpaired) electrons. The average molecular weight is 335 g/mol. The smallest absolute Gasteiger partial charge is 0.314 e. The Morgan fingerprint density at radius 3 is 2.33 bits per heavy atom. The van der Waals surface area contributed by atoms with E-state index in [1.807, 2.05) is 34.6 Å². The van der Waals surface area contributed by atoms with Crippen LogP contribution < -0.4 is 5.32 Å². The van der Waals surface area contributed by atoms with Crippen LogP contribution in [0.5, 0.6) is 0 Å². The van der Waals surface area contributed by atoms with Crippen molar-refractivity contribution in [3.63, 3.8) is 0 Å². The molecule has 24 heavy (non-hydrogen) atoms. The summed E-state index contributed by atoms with van der Waals surface area (Å²) >= 11 is 0. The molecular weight excluding hydrogens is 306 g/mol. The van der Waals surface area contributed by atoms with Gasteiger partial charge in [0.05, 0.1) is 11.1 Å². The number of esters is 1. The van der Waals surface area contributed by atoms with Crippen LogP contribution in [0.2, 0.25) is 0 Å². The third kappa shape index (κ3) is 6.26. The minimum absolute atomic E-state index is 0.101. The van der Waals surface area contributed by atoms with Gasteiger partial charge in [0.2, 0.25) is 5.91 Å². The lowest BCUT2D eigenvalue weighted by Crippen LogP contribution is -2.45. The summed E-state index contributed by atoms with van der Waals surface area (Å²) in [5.41, 5.74) is -0.449. The highest BCUT2D eigenvalue weighted by Gasteiger charge is 2.38. The quantitative estimate of drug-likeness (QED) is 0.739. The Kier molecular flexibility index (Phi) is 7.32. The first-order valence-electron chi connectivity index (χ1n) is 8.47. The van der Waals surface area contributed by atoms with Gasteiger partial charge in [-0.05, 0) is 40.0 Å². The van der Waals surface area contributed by atoms with E-state index in [1.165, 1.54) is 0 Å². The van der Waals surface area contributed by atoms with Gasteiger partial charge in [0.15, 0.2) is 0 Å². The van der Waals surface area contributed by atoms with Gasteiger partial charge in [-0.1, -0.05) is 13.8 Å². The van der Waals surface area contributed by atoms with Crippen LogP contribution in [-0.2, 0) is 20.7 Å². The molecule has 1 heterocycles. The van der Waals surface area contributed by atoms with E-state index in [9.17, 15) is 9.59 Å². The fourth-order valence-corrected chi connectivity index (χ4v) is 2.30. The zero-order valence-corrected chi connectivity index (χ0v) is 15.4. The van der Waals surface area contributed by atoms with Crippen molar-refractivity contribution in [1.82, 2.24) is 15.3 Å². The van der Waals surface area contributed by atoms with Gasteiger partial charge >= 0.3 is 5.97 Å². The molecule has 0 unspecified atom stereocenters. The van der Waals surface area contributed by atoms with Gasteiger partial charge in [-0.3, -0.25) is 19.6 Å². The van der Waals surface area contributed by atoms with E-state index in [0.29, 0.717) is 25.7 Å². The van der Waals surface area contributed by atoms with Crippen LogP contribution in [0.4, 0.5) is 0 Å². The molecule has 1 amide bonds. The predicted octanol–water partition coefficient (Wildman–Crippen LogP) is 2.67. The summed E-state index contributed by atoms with van der Waals surface area (Å²) in [6, 6.07) is 0. The third-order valence-corrected chi connectivity index (χ3v) is 4.03. The lowest BCUT2D eigenvalue weighted by Gasteiger charge is -2.33. The van der Waals surface area contributed by atoms with Gasteiger partial charge in [0, 0.05) is 31.6 Å². The molecule has 6 heteroatoms. The Morgan fingerprint density at radius 1 is 1.17 bits per heavy atom. The van der Waals surface area contributed by atoms with Gasteiger partial charge in [0.1, 0.15) is 5.60 Å². The maximum atomic E-state index is 12.5. The number of nitrogens with zero attached hydrogens (tertiary/aromatic N) is 2. The van der Waals surface area contributed by atoms with Crippen molar-refractivity contribution in [2.75, 3.05) is 6.54 Å². The van der Waals surface area contributed by atoms with E-state index in [0.717, 1.165) is 5.69 Å². The first-order chi connectivity index (χ1) is 11.2. The highest BCUT2D eigenvalue weighted by Crippen LogP contribution is 2.29. The topological polar surface area (TPSA) is 81.2 Å². The number of amides is 1. The first-order valence-corrected chi connectivity index (χ1v) is 8.47. The normalized spacial score (nSPS) is 11.9. The SMILES string of the molecule is CCC(CC)(CNC(=O)CCc1cnccn1)C(=O)OC(C)(C)C. The summed E-state index contributed by atoms with van der Waals surface area (Å²) in [4.78, 5) is 32.8. The van der Waals surface area contributed by atoms with Crippen LogP contribution in [0.1, 0.15) is 59.6 Å². The molecule has 1 rings (SSSR count). The molecule has 0 saturated heterocycles. The fraction of sp³-hybridized carbons (Fsp3) is 0.667. The summed E-state index contributed by atoms with van der Waals surface area (Å²) in [5.74, 6) is -0.357. The Balaban J connectivity index is 2.58. The second kappa shape index (κ2) is 8.76. The molecule has 0 aromatic carbocycles. The molecule has 0 bridgehead atoms. The molecule has 0 spiro atoms. The maximum absolute atomic E-state index is 12.5. The Bertz CT molecular complexity index is 534. The van der Waals surface area contributed by atoms with Gasteiger partial charge in [-0.2, -0.15) is 0 Å². The van der Waals surface area contributed by atoms with Crippen LogP contribution in [0.25, 0.3) is 0 Å². The van der Waals surface area contributed by atoms with Crippen molar-refractivity contribution in [2.45, 2.75) is 65.9 Å². The number of carbonyl (C=O) groups excluding carboxylic acids is 2. The lowest BCUT2D eigenvalue weighted by molar-refractivity contribution is -0.168. The number of hydrogen-bond acceptors (Lipinski definition) is 5. The van der Waals surface area contributed by atoms with Crippen molar-refractivity contribution >= 4 is 11.9 Å². The fourth-order valence-electron chi connectivity index (χ4n) is 2.30. The molecule has 0 atom stereocenters. The number of aryl methyl sites for hydroxylation is 1. The van der Waals surface area contributed by atoms with E-state index in [-0.39, 0.29) is 18.4 Å². The Labute approximate surface area is 144 Å². The van der Waals surface area contributed by atoms with Gasteiger partial charge in [-0.15, -0.1) is 0 Å². The standard InChI is InChI=1S/C18H29N3O3/c1-6-18(7-2,16(23)24-17(3,4)5)13-21-15(22)9-8-14-12-19-10-11-20-14/h10-12H,6-9,13H2,1-5H3,(H,21,22). The molecule has 0 aliphatic rings. The molecule has 6 nitrogen and oxygen atoms in total. The Hall–Kier alpha value is -1.98. The molecule has 0 aliphatic heterocycles. The summed E-state index contributed by atoms with van der Waals surface area (Å²) in [7, 11) is 0. The molecule has 1 aromatic rings. The molecule has 134 valence electrons. The highest BCUT2D eigenvalue weighted by atomic mass is 16.6. The van der Waals surface area contributed by atoms with Crippen LogP contribution in [0.15, 0.2) is 18.6 Å². The van der Waals surface area contributed by atoms with Crippen LogP contribution >= 0.6 is 0 Å². The first kappa shape index (κ1) is 20.1. The maximum Gasteiger partial charge on any atom is 0.314 e. The number of aromatic nitrogens is 2. The third-order valence-electron chi connectivity index (χ3n) is 4.03. The molecule has 0 saturated carbocycles. The van der Waals surface area contributed by atoms with Crippen molar-refractivity contribution in [3.05, 3.63) is 24.3 Å². The van der Waals surface area contributed by atoms with E-state index in [2.05, 4.69) is 15.3 Å². The van der Waals surface area contributed by atoms with E-state index >= 15 is 0 Å². The number of ether oxygens (including phenoxy) is 1. The highest BCUT2D eigenvalue weighted by molar-refractivity contribution is 5.80. The summed E-state index contributed by atoms with van der Waals surface area (Å²) in [6.45, 7) is 9.72. The number of carbonyl (C=O) groups is 2. The van der Waals surface area contributed by atoms with Crippen LogP contribution in [-0.4, -0.2) is 34.0 Å². The molecule has 0 aliphatic carbocycles. The zero-order valence-electron chi connectivity index (χ0n) is 15.4. The molecule has 0 fully saturated rings. The summed E-state index contributed by atoms with van der Waals surface area (Å²) in [5, 5.41) is 2.87. The molecule has 1 N–H and O–H groups in total. The Morgan fingerprint density at radius 2 is 1.83 bits per heavy atom. The molecular formula is C18H29N3O3. The predicted molar refractivity (Wildman–Crippen MR) is 92.2 cm³/mol. The summed E-state index contributed by atoms with van der Waals surface area (Å²) in [6.07, 6.45) is 6.92. The van der Waals surface area contributed by atoms with Crippen molar-refractivity contribution < 1.29 is 14.3 Å². The molecule has 1 aromatic heterocycles. The van der Waals surface area contributed by atoms with Crippen molar-refractivity contribution in [3.8, 4) is 0 Å². The monoisotopic (exact) mass is 335 g/mol. The minimum Gasteiger partial charge on any atom is -0.459 e. The average Bonchev–Trinajstić information content (AvgIpc) is 2.53. The van der Waals surface area contributed by atoms with Gasteiger partial charge in [-0.25, -0.2) is 0 Å². The number of rotatable bonds is 8. The van der Waals surface area contributed by atoms with Gasteiger partial charge in [0.25, 0.3) is 0 Å². The second-order valence-electron chi connectivity index (χ2n) is 6.96. The largest absolute Gasteiger partial charge is 0.459 e. The van der Waals surface area contributed by atoms with Crippen molar-refractivity contribution in [1.29, 1.82) is 0 Å². The zero-order chi connectivity index (χ0) is 18.2.